The Balaban J connectivity index is 2.45. The number of hydrogen-bond donors (Lipinski definition) is 1. The van der Waals surface area contributed by atoms with Crippen molar-refractivity contribution in [2.75, 3.05) is 20.3 Å². The highest BCUT2D eigenvalue weighted by Crippen LogP contribution is 2.32. The summed E-state index contributed by atoms with van der Waals surface area (Å²) in [4.78, 5) is 0. The van der Waals surface area contributed by atoms with E-state index in [-0.39, 0.29) is 11.2 Å². The predicted molar refractivity (Wildman–Crippen MR) is 80.6 cm³/mol. The largest absolute Gasteiger partial charge is 0.379 e. The first-order valence-electron chi connectivity index (χ1n) is 7.82. The van der Waals surface area contributed by atoms with E-state index in [1.54, 1.807) is 7.11 Å². The zero-order valence-corrected chi connectivity index (χ0v) is 13.6. The average molecular weight is 271 g/mol. The monoisotopic (exact) mass is 271 g/mol. The zero-order valence-electron chi connectivity index (χ0n) is 13.6. The Labute approximate surface area is 119 Å². The van der Waals surface area contributed by atoms with Crippen LogP contribution in [0.1, 0.15) is 66.2 Å². The highest BCUT2D eigenvalue weighted by atomic mass is 16.5. The van der Waals surface area contributed by atoms with E-state index < -0.39 is 0 Å². The Morgan fingerprint density at radius 2 is 1.79 bits per heavy atom. The number of hydrogen-bond acceptors (Lipinski definition) is 3. The minimum Gasteiger partial charge on any atom is -0.379 e. The second-order valence-corrected chi connectivity index (χ2v) is 6.84. The smallest absolute Gasteiger partial charge is 0.0806 e. The molecule has 0 aromatic rings. The van der Waals surface area contributed by atoms with Crippen LogP contribution in [0.3, 0.4) is 0 Å². The molecule has 1 fully saturated rings. The van der Waals surface area contributed by atoms with Crippen molar-refractivity contribution in [3.8, 4) is 0 Å². The third-order valence-corrected chi connectivity index (χ3v) is 4.26. The molecule has 114 valence electrons. The van der Waals surface area contributed by atoms with E-state index >= 15 is 0 Å². The van der Waals surface area contributed by atoms with Gasteiger partial charge in [0.15, 0.2) is 0 Å². The molecule has 0 heterocycles. The average Bonchev–Trinajstić information content (AvgIpc) is 2.37. The van der Waals surface area contributed by atoms with Crippen LogP contribution in [0.15, 0.2) is 0 Å². The van der Waals surface area contributed by atoms with Crippen molar-refractivity contribution in [2.45, 2.75) is 83.5 Å². The van der Waals surface area contributed by atoms with Crippen LogP contribution in [-0.4, -0.2) is 37.5 Å². The van der Waals surface area contributed by atoms with Gasteiger partial charge in [-0.15, -0.1) is 0 Å². The topological polar surface area (TPSA) is 30.5 Å². The van der Waals surface area contributed by atoms with Crippen molar-refractivity contribution < 1.29 is 9.47 Å². The SMILES string of the molecule is COC(C)(C)CCOC1(CNC(C)C)CCCCC1. The molecule has 0 saturated heterocycles. The molecular formula is C16H33NO2. The summed E-state index contributed by atoms with van der Waals surface area (Å²) in [6.07, 6.45) is 7.30. The number of methoxy groups -OCH3 is 1. The molecule has 19 heavy (non-hydrogen) atoms. The van der Waals surface area contributed by atoms with Gasteiger partial charge in [-0.3, -0.25) is 0 Å². The fourth-order valence-corrected chi connectivity index (χ4v) is 2.57. The molecule has 0 spiro atoms. The van der Waals surface area contributed by atoms with Gasteiger partial charge in [0.1, 0.15) is 0 Å². The fourth-order valence-electron chi connectivity index (χ4n) is 2.57. The van der Waals surface area contributed by atoms with Crippen molar-refractivity contribution in [3.63, 3.8) is 0 Å². The Morgan fingerprint density at radius 1 is 1.16 bits per heavy atom. The first-order valence-corrected chi connectivity index (χ1v) is 7.82. The van der Waals surface area contributed by atoms with Crippen LogP contribution in [0.5, 0.6) is 0 Å². The molecule has 0 amide bonds. The van der Waals surface area contributed by atoms with E-state index in [0.717, 1.165) is 19.6 Å². The summed E-state index contributed by atoms with van der Waals surface area (Å²) >= 11 is 0. The molecule has 0 aliphatic heterocycles. The third-order valence-electron chi connectivity index (χ3n) is 4.26. The van der Waals surface area contributed by atoms with Gasteiger partial charge in [0.25, 0.3) is 0 Å². The summed E-state index contributed by atoms with van der Waals surface area (Å²) in [5.74, 6) is 0. The molecule has 0 unspecified atom stereocenters. The lowest BCUT2D eigenvalue weighted by atomic mass is 9.84. The summed E-state index contributed by atoms with van der Waals surface area (Å²) < 4.78 is 11.8. The van der Waals surface area contributed by atoms with E-state index in [4.69, 9.17) is 9.47 Å². The molecule has 0 aromatic carbocycles. The molecule has 1 saturated carbocycles. The van der Waals surface area contributed by atoms with E-state index in [1.165, 1.54) is 32.1 Å². The fraction of sp³-hybridized carbons (Fsp3) is 1.00. The molecule has 1 aliphatic carbocycles. The molecule has 0 radical (unpaired) electrons. The van der Waals surface area contributed by atoms with Gasteiger partial charge in [-0.25, -0.2) is 0 Å². The number of rotatable bonds is 8. The summed E-state index contributed by atoms with van der Waals surface area (Å²) in [5.41, 5.74) is -0.0202. The standard InChI is InChI=1S/C16H33NO2/c1-14(2)17-13-16(9-7-6-8-10-16)19-12-11-15(3,4)18-5/h14,17H,6-13H2,1-5H3. The van der Waals surface area contributed by atoms with Crippen LogP contribution in [0.25, 0.3) is 0 Å². The lowest BCUT2D eigenvalue weighted by Crippen LogP contribution is -2.47. The molecule has 3 heteroatoms. The van der Waals surface area contributed by atoms with Crippen LogP contribution in [0.2, 0.25) is 0 Å². The van der Waals surface area contributed by atoms with Crippen LogP contribution < -0.4 is 5.32 Å². The molecular weight excluding hydrogens is 238 g/mol. The predicted octanol–water partition coefficient (Wildman–Crippen LogP) is 3.52. The summed E-state index contributed by atoms with van der Waals surface area (Å²) in [5, 5.41) is 3.56. The second-order valence-electron chi connectivity index (χ2n) is 6.84. The van der Waals surface area contributed by atoms with Crippen molar-refractivity contribution in [1.29, 1.82) is 0 Å². The van der Waals surface area contributed by atoms with Gasteiger partial charge >= 0.3 is 0 Å². The maximum Gasteiger partial charge on any atom is 0.0806 e. The highest BCUT2D eigenvalue weighted by molar-refractivity contribution is 4.87. The molecule has 1 aliphatic rings. The lowest BCUT2D eigenvalue weighted by Gasteiger charge is -2.39. The Bertz CT molecular complexity index is 245. The summed E-state index contributed by atoms with van der Waals surface area (Å²) in [7, 11) is 1.77. The summed E-state index contributed by atoms with van der Waals surface area (Å²) in [6.45, 7) is 10.4. The molecule has 3 nitrogen and oxygen atoms in total. The van der Waals surface area contributed by atoms with Gasteiger partial charge < -0.3 is 14.8 Å². The molecule has 0 atom stereocenters. The minimum absolute atomic E-state index is 0.0618. The van der Waals surface area contributed by atoms with E-state index in [0.29, 0.717) is 6.04 Å². The second kappa shape index (κ2) is 7.61. The van der Waals surface area contributed by atoms with Crippen molar-refractivity contribution in [2.24, 2.45) is 0 Å². The van der Waals surface area contributed by atoms with Gasteiger partial charge in [-0.05, 0) is 33.1 Å². The number of nitrogens with one attached hydrogen (secondary N) is 1. The van der Waals surface area contributed by atoms with Crippen molar-refractivity contribution in [3.05, 3.63) is 0 Å². The maximum atomic E-state index is 6.32. The van der Waals surface area contributed by atoms with Gasteiger partial charge in [0.2, 0.25) is 0 Å². The van der Waals surface area contributed by atoms with Gasteiger partial charge in [0, 0.05) is 19.7 Å². The molecule has 0 aromatic heterocycles. The number of ether oxygens (including phenoxy) is 2. The summed E-state index contributed by atoms with van der Waals surface area (Å²) in [6, 6.07) is 0.526. The Kier molecular flexibility index (Phi) is 6.78. The normalized spacial score (nSPS) is 19.9. The van der Waals surface area contributed by atoms with Crippen molar-refractivity contribution >= 4 is 0 Å². The van der Waals surface area contributed by atoms with E-state index in [2.05, 4.69) is 33.0 Å². The lowest BCUT2D eigenvalue weighted by molar-refractivity contribution is -0.0913. The zero-order chi connectivity index (χ0) is 14.4. The van der Waals surface area contributed by atoms with Crippen LogP contribution >= 0.6 is 0 Å². The van der Waals surface area contributed by atoms with E-state index in [1.807, 2.05) is 0 Å². The Hall–Kier alpha value is -0.120. The molecule has 1 rings (SSSR count). The first-order chi connectivity index (χ1) is 8.89. The van der Waals surface area contributed by atoms with Crippen LogP contribution in [-0.2, 0) is 9.47 Å². The maximum absolute atomic E-state index is 6.32. The quantitative estimate of drug-likeness (QED) is 0.732. The van der Waals surface area contributed by atoms with Crippen LogP contribution in [0, 0.1) is 0 Å². The minimum atomic E-state index is -0.0820. The van der Waals surface area contributed by atoms with Gasteiger partial charge in [-0.2, -0.15) is 0 Å². The molecule has 0 bridgehead atoms. The molecule has 1 N–H and O–H groups in total. The van der Waals surface area contributed by atoms with E-state index in [9.17, 15) is 0 Å². The third kappa shape index (κ3) is 6.24. The van der Waals surface area contributed by atoms with Crippen LogP contribution in [0.4, 0.5) is 0 Å². The van der Waals surface area contributed by atoms with Crippen molar-refractivity contribution in [1.82, 2.24) is 5.32 Å². The van der Waals surface area contributed by atoms with Gasteiger partial charge in [-0.1, -0.05) is 33.1 Å². The first kappa shape index (κ1) is 16.9. The highest BCUT2D eigenvalue weighted by Gasteiger charge is 2.33. The Morgan fingerprint density at radius 3 is 2.32 bits per heavy atom. The van der Waals surface area contributed by atoms with Gasteiger partial charge in [0.05, 0.1) is 17.8 Å².